The SMILES string of the molecule is CC(Cc1c(CO)ccc2c1nnn2C(C)(C)C)N(CC(C)(C)F)C(=O)OC(C)(C)C. The Morgan fingerprint density at radius 1 is 1.19 bits per heavy atom. The van der Waals surface area contributed by atoms with Gasteiger partial charge in [0.15, 0.2) is 0 Å². The molecule has 2 aromatic rings. The average molecular weight is 437 g/mol. The standard InChI is InChI=1S/C23H37FN4O3/c1-15(27(14-23(8,9)24)20(30)31-22(5,6)7)12-17-16(13-29)10-11-18-19(17)25-26-28(18)21(2,3)4/h10-11,15,29H,12-14H2,1-9H3. The molecule has 8 heteroatoms. The molecular weight excluding hydrogens is 399 g/mol. The van der Waals surface area contributed by atoms with Crippen molar-refractivity contribution < 1.29 is 19.0 Å². The Kier molecular flexibility index (Phi) is 7.05. The smallest absolute Gasteiger partial charge is 0.410 e. The topological polar surface area (TPSA) is 80.5 Å². The lowest BCUT2D eigenvalue weighted by Crippen LogP contribution is -2.48. The number of rotatable bonds is 6. The van der Waals surface area contributed by atoms with Crippen molar-refractivity contribution in [1.82, 2.24) is 19.9 Å². The Balaban J connectivity index is 2.47. The van der Waals surface area contributed by atoms with Gasteiger partial charge >= 0.3 is 6.09 Å². The molecule has 0 radical (unpaired) electrons. The summed E-state index contributed by atoms with van der Waals surface area (Å²) >= 11 is 0. The van der Waals surface area contributed by atoms with Crippen molar-refractivity contribution in [2.45, 2.75) is 98.2 Å². The first-order chi connectivity index (χ1) is 14.0. The summed E-state index contributed by atoms with van der Waals surface area (Å²) in [6.45, 7) is 15.9. The molecule has 174 valence electrons. The van der Waals surface area contributed by atoms with Crippen LogP contribution in [0, 0.1) is 0 Å². The molecule has 0 aliphatic rings. The number of fused-ring (bicyclic) bond motifs is 1. The van der Waals surface area contributed by atoms with Gasteiger partial charge in [0, 0.05) is 6.04 Å². The molecule has 0 aliphatic heterocycles. The van der Waals surface area contributed by atoms with Crippen molar-refractivity contribution in [1.29, 1.82) is 0 Å². The number of carbonyl (C=O) groups is 1. The van der Waals surface area contributed by atoms with E-state index in [1.54, 1.807) is 20.8 Å². The predicted molar refractivity (Wildman–Crippen MR) is 120 cm³/mol. The molecule has 0 bridgehead atoms. The lowest BCUT2D eigenvalue weighted by atomic mass is 9.97. The number of aliphatic hydroxyl groups is 1. The Labute approximate surface area is 184 Å². The molecule has 1 aromatic heterocycles. The minimum atomic E-state index is -1.59. The minimum Gasteiger partial charge on any atom is -0.444 e. The zero-order valence-electron chi connectivity index (χ0n) is 20.3. The number of aliphatic hydroxyl groups excluding tert-OH is 1. The first kappa shape index (κ1) is 25.0. The fraction of sp³-hybridized carbons (Fsp3) is 0.696. The van der Waals surface area contributed by atoms with Gasteiger partial charge in [-0.15, -0.1) is 5.10 Å². The molecule has 1 N–H and O–H groups in total. The van der Waals surface area contributed by atoms with Crippen LogP contribution in [0.15, 0.2) is 12.1 Å². The zero-order chi connectivity index (χ0) is 23.8. The van der Waals surface area contributed by atoms with E-state index in [0.717, 1.165) is 11.1 Å². The lowest BCUT2D eigenvalue weighted by Gasteiger charge is -2.34. The molecule has 0 fully saturated rings. The fourth-order valence-electron chi connectivity index (χ4n) is 3.49. The van der Waals surface area contributed by atoms with Crippen LogP contribution in [0.5, 0.6) is 0 Å². The second-order valence-corrected chi connectivity index (χ2v) is 10.8. The highest BCUT2D eigenvalue weighted by atomic mass is 19.1. The van der Waals surface area contributed by atoms with E-state index in [2.05, 4.69) is 10.3 Å². The largest absolute Gasteiger partial charge is 0.444 e. The summed E-state index contributed by atoms with van der Waals surface area (Å²) < 4.78 is 21.9. The van der Waals surface area contributed by atoms with Gasteiger partial charge in [0.2, 0.25) is 0 Å². The van der Waals surface area contributed by atoms with Crippen LogP contribution in [0.4, 0.5) is 9.18 Å². The summed E-state index contributed by atoms with van der Waals surface area (Å²) in [5.74, 6) is 0. The number of hydrogen-bond acceptors (Lipinski definition) is 5. The van der Waals surface area contributed by atoms with E-state index in [4.69, 9.17) is 4.74 Å². The van der Waals surface area contributed by atoms with Gasteiger partial charge in [-0.3, -0.25) is 0 Å². The monoisotopic (exact) mass is 436 g/mol. The zero-order valence-corrected chi connectivity index (χ0v) is 20.3. The predicted octanol–water partition coefficient (Wildman–Crippen LogP) is 4.59. The Morgan fingerprint density at radius 3 is 2.29 bits per heavy atom. The van der Waals surface area contributed by atoms with E-state index >= 15 is 0 Å². The molecule has 1 amide bonds. The summed E-state index contributed by atoms with van der Waals surface area (Å²) in [5.41, 5.74) is 0.489. The highest BCUT2D eigenvalue weighted by Gasteiger charge is 2.32. The maximum Gasteiger partial charge on any atom is 0.410 e. The van der Waals surface area contributed by atoms with Crippen LogP contribution in [0.25, 0.3) is 11.0 Å². The number of amides is 1. The van der Waals surface area contributed by atoms with Crippen molar-refractivity contribution in [3.05, 3.63) is 23.3 Å². The number of alkyl halides is 1. The van der Waals surface area contributed by atoms with Crippen LogP contribution < -0.4 is 0 Å². The highest BCUT2D eigenvalue weighted by Crippen LogP contribution is 2.28. The van der Waals surface area contributed by atoms with E-state index in [-0.39, 0.29) is 24.7 Å². The molecule has 2 rings (SSSR count). The van der Waals surface area contributed by atoms with Crippen molar-refractivity contribution in [3.63, 3.8) is 0 Å². The molecule has 1 aromatic carbocycles. The highest BCUT2D eigenvalue weighted by molar-refractivity contribution is 5.80. The number of hydrogen-bond donors (Lipinski definition) is 1. The molecular formula is C23H37FN4O3. The van der Waals surface area contributed by atoms with Gasteiger partial charge in [-0.25, -0.2) is 13.9 Å². The van der Waals surface area contributed by atoms with Crippen molar-refractivity contribution in [3.8, 4) is 0 Å². The van der Waals surface area contributed by atoms with E-state index in [0.29, 0.717) is 17.5 Å². The van der Waals surface area contributed by atoms with Crippen LogP contribution in [0.3, 0.4) is 0 Å². The Bertz CT molecular complexity index is 920. The molecule has 0 saturated carbocycles. The summed E-state index contributed by atoms with van der Waals surface area (Å²) in [5, 5.41) is 18.6. The number of carbonyl (C=O) groups excluding carboxylic acids is 1. The van der Waals surface area contributed by atoms with Gasteiger partial charge in [0.25, 0.3) is 0 Å². The third-order valence-corrected chi connectivity index (χ3v) is 4.83. The van der Waals surface area contributed by atoms with Gasteiger partial charge in [0.05, 0.1) is 24.2 Å². The second kappa shape index (κ2) is 8.73. The van der Waals surface area contributed by atoms with Crippen molar-refractivity contribution in [2.24, 2.45) is 0 Å². The van der Waals surface area contributed by atoms with Crippen LogP contribution in [0.2, 0.25) is 0 Å². The summed E-state index contributed by atoms with van der Waals surface area (Å²) in [7, 11) is 0. The van der Waals surface area contributed by atoms with Gasteiger partial charge in [0.1, 0.15) is 16.8 Å². The van der Waals surface area contributed by atoms with E-state index in [1.165, 1.54) is 18.7 Å². The van der Waals surface area contributed by atoms with E-state index in [9.17, 15) is 14.3 Å². The fourth-order valence-corrected chi connectivity index (χ4v) is 3.49. The number of halogens is 1. The van der Waals surface area contributed by atoms with E-state index in [1.807, 2.05) is 44.5 Å². The molecule has 0 spiro atoms. The molecule has 7 nitrogen and oxygen atoms in total. The van der Waals surface area contributed by atoms with Crippen LogP contribution in [-0.2, 0) is 23.3 Å². The lowest BCUT2D eigenvalue weighted by molar-refractivity contribution is 0.00503. The molecule has 1 atom stereocenters. The number of aromatic nitrogens is 3. The molecule has 0 aliphatic carbocycles. The summed E-state index contributed by atoms with van der Waals surface area (Å²) in [6.07, 6.45) is -0.187. The number of nitrogens with zero attached hydrogens (tertiary/aromatic N) is 4. The van der Waals surface area contributed by atoms with Gasteiger partial charge in [-0.1, -0.05) is 11.3 Å². The average Bonchev–Trinajstić information content (AvgIpc) is 3.02. The first-order valence-corrected chi connectivity index (χ1v) is 10.7. The van der Waals surface area contributed by atoms with Crippen LogP contribution >= 0.6 is 0 Å². The maximum atomic E-state index is 14.5. The molecule has 1 heterocycles. The summed E-state index contributed by atoms with van der Waals surface area (Å²) in [6, 6.07) is 3.37. The van der Waals surface area contributed by atoms with Crippen molar-refractivity contribution >= 4 is 17.1 Å². The third-order valence-electron chi connectivity index (χ3n) is 4.83. The molecule has 1 unspecified atom stereocenters. The minimum absolute atomic E-state index is 0.109. The third kappa shape index (κ3) is 6.38. The van der Waals surface area contributed by atoms with Gasteiger partial charge < -0.3 is 14.7 Å². The van der Waals surface area contributed by atoms with E-state index < -0.39 is 17.4 Å². The normalized spacial score (nSPS) is 14.0. The maximum absolute atomic E-state index is 14.5. The number of ether oxygens (including phenoxy) is 1. The van der Waals surface area contributed by atoms with Crippen LogP contribution in [-0.4, -0.2) is 54.9 Å². The van der Waals surface area contributed by atoms with Gasteiger partial charge in [-0.2, -0.15) is 0 Å². The van der Waals surface area contributed by atoms with Crippen molar-refractivity contribution in [2.75, 3.05) is 6.54 Å². The quantitative estimate of drug-likeness (QED) is 0.716. The first-order valence-electron chi connectivity index (χ1n) is 10.7. The van der Waals surface area contributed by atoms with Gasteiger partial charge in [-0.05, 0) is 85.9 Å². The molecule has 31 heavy (non-hydrogen) atoms. The second-order valence-electron chi connectivity index (χ2n) is 10.8. The summed E-state index contributed by atoms with van der Waals surface area (Å²) in [4.78, 5) is 14.3. The Hall–Kier alpha value is -2.22. The number of benzene rings is 1. The Morgan fingerprint density at radius 2 is 1.81 bits per heavy atom. The molecule has 0 saturated heterocycles. The van der Waals surface area contributed by atoms with Crippen LogP contribution in [0.1, 0.15) is 73.4 Å².